The minimum atomic E-state index is -2.16. The van der Waals surface area contributed by atoms with Crippen LogP contribution < -0.4 is 0 Å². The van der Waals surface area contributed by atoms with E-state index in [9.17, 15) is 9.59 Å². The van der Waals surface area contributed by atoms with Gasteiger partial charge in [0, 0.05) is 20.8 Å². The van der Waals surface area contributed by atoms with E-state index < -0.39 is 17.9 Å². The van der Waals surface area contributed by atoms with Gasteiger partial charge < -0.3 is 14.6 Å². The van der Waals surface area contributed by atoms with Crippen molar-refractivity contribution < 1.29 is 24.2 Å². The van der Waals surface area contributed by atoms with Gasteiger partial charge >= 0.3 is 17.9 Å². The molecular formula is C6H10O5. The van der Waals surface area contributed by atoms with Crippen LogP contribution in [0.15, 0.2) is 0 Å². The summed E-state index contributed by atoms with van der Waals surface area (Å²) >= 11 is 0. The zero-order valence-corrected chi connectivity index (χ0v) is 6.58. The molecule has 64 valence electrons. The molecule has 11 heavy (non-hydrogen) atoms. The van der Waals surface area contributed by atoms with Crippen LogP contribution in [0.4, 0.5) is 0 Å². The Balaban J connectivity index is 3.99. The van der Waals surface area contributed by atoms with E-state index in [2.05, 4.69) is 9.47 Å². The molecule has 0 saturated carbocycles. The summed E-state index contributed by atoms with van der Waals surface area (Å²) in [6.07, 6.45) is 0. The minimum absolute atomic E-state index is 0.726. The normalized spacial score (nSPS) is 10.5. The molecule has 5 nitrogen and oxygen atoms in total. The van der Waals surface area contributed by atoms with Crippen molar-refractivity contribution in [3.63, 3.8) is 0 Å². The molecule has 0 aliphatic rings. The lowest BCUT2D eigenvalue weighted by Gasteiger charge is -2.20. The van der Waals surface area contributed by atoms with Crippen molar-refractivity contribution in [1.82, 2.24) is 0 Å². The van der Waals surface area contributed by atoms with Crippen LogP contribution in [0.1, 0.15) is 20.8 Å². The molecule has 5 heteroatoms. The van der Waals surface area contributed by atoms with E-state index in [1.54, 1.807) is 0 Å². The highest BCUT2D eigenvalue weighted by Crippen LogP contribution is 2.07. The first-order valence-electron chi connectivity index (χ1n) is 2.95. The third kappa shape index (κ3) is 5.35. The molecule has 0 aliphatic carbocycles. The quantitative estimate of drug-likeness (QED) is 0.448. The summed E-state index contributed by atoms with van der Waals surface area (Å²) in [5.41, 5.74) is 0. The Bertz CT molecular complexity index is 154. The molecule has 0 rings (SSSR count). The molecule has 0 bridgehead atoms. The maximum atomic E-state index is 10.3. The Morgan fingerprint density at radius 3 is 1.64 bits per heavy atom. The highest BCUT2D eigenvalue weighted by Gasteiger charge is 2.27. The number of esters is 2. The second-order valence-corrected chi connectivity index (χ2v) is 2.09. The van der Waals surface area contributed by atoms with Crippen LogP contribution in [0.3, 0.4) is 0 Å². The molecule has 0 aromatic heterocycles. The van der Waals surface area contributed by atoms with Gasteiger partial charge in [-0.05, 0) is 0 Å². The number of carbonyl (C=O) groups excluding carboxylic acids is 2. The first-order valence-corrected chi connectivity index (χ1v) is 2.95. The zero-order valence-electron chi connectivity index (χ0n) is 6.58. The van der Waals surface area contributed by atoms with Crippen molar-refractivity contribution in [2.75, 3.05) is 0 Å². The Kier molecular flexibility index (Phi) is 3.00. The van der Waals surface area contributed by atoms with Crippen molar-refractivity contribution in [3.05, 3.63) is 0 Å². The summed E-state index contributed by atoms with van der Waals surface area (Å²) < 4.78 is 8.44. The number of hydrogen-bond donors (Lipinski definition) is 1. The van der Waals surface area contributed by atoms with Gasteiger partial charge in [-0.25, -0.2) is 0 Å². The van der Waals surface area contributed by atoms with Crippen molar-refractivity contribution >= 4 is 11.9 Å². The largest absolute Gasteiger partial charge is 0.398 e. The summed E-state index contributed by atoms with van der Waals surface area (Å²) in [7, 11) is 0. The first kappa shape index (κ1) is 9.90. The van der Waals surface area contributed by atoms with Gasteiger partial charge in [-0.1, -0.05) is 0 Å². The van der Waals surface area contributed by atoms with Gasteiger partial charge in [0.1, 0.15) is 0 Å². The molecule has 0 atom stereocenters. The standard InChI is InChI=1S/C6H10O5/c1-4(7)10-6(3,9)11-5(2)8/h9H,1-3H3. The van der Waals surface area contributed by atoms with E-state index in [1.807, 2.05) is 0 Å². The van der Waals surface area contributed by atoms with Crippen molar-refractivity contribution in [2.24, 2.45) is 0 Å². The van der Waals surface area contributed by atoms with E-state index >= 15 is 0 Å². The summed E-state index contributed by atoms with van der Waals surface area (Å²) in [4.78, 5) is 20.5. The van der Waals surface area contributed by atoms with Crippen LogP contribution in [0, 0.1) is 0 Å². The molecule has 0 spiro atoms. The molecule has 0 aromatic rings. The lowest BCUT2D eigenvalue weighted by atomic mass is 10.6. The Labute approximate surface area is 63.9 Å². The minimum Gasteiger partial charge on any atom is -0.398 e. The topological polar surface area (TPSA) is 72.8 Å². The van der Waals surface area contributed by atoms with Gasteiger partial charge in [-0.2, -0.15) is 0 Å². The van der Waals surface area contributed by atoms with Gasteiger partial charge in [-0.15, -0.1) is 0 Å². The average molecular weight is 162 g/mol. The molecular weight excluding hydrogens is 152 g/mol. The maximum Gasteiger partial charge on any atom is 0.370 e. The number of aliphatic hydroxyl groups is 1. The Morgan fingerprint density at radius 1 is 1.18 bits per heavy atom. The van der Waals surface area contributed by atoms with Crippen molar-refractivity contribution in [1.29, 1.82) is 0 Å². The molecule has 0 fully saturated rings. The van der Waals surface area contributed by atoms with Crippen molar-refractivity contribution in [2.45, 2.75) is 26.7 Å². The van der Waals surface area contributed by atoms with E-state index in [1.165, 1.54) is 0 Å². The summed E-state index contributed by atoms with van der Waals surface area (Å²) in [5, 5.41) is 8.97. The van der Waals surface area contributed by atoms with E-state index in [-0.39, 0.29) is 0 Å². The highest BCUT2D eigenvalue weighted by molar-refractivity contribution is 5.68. The van der Waals surface area contributed by atoms with Crippen LogP contribution in [0.25, 0.3) is 0 Å². The fourth-order valence-corrected chi connectivity index (χ4v) is 0.554. The second-order valence-electron chi connectivity index (χ2n) is 2.09. The summed E-state index contributed by atoms with van der Waals surface area (Å²) in [6, 6.07) is 0. The van der Waals surface area contributed by atoms with Gasteiger partial charge in [-0.3, -0.25) is 9.59 Å². The van der Waals surface area contributed by atoms with E-state index in [0.717, 1.165) is 20.8 Å². The lowest BCUT2D eigenvalue weighted by molar-refractivity contribution is -0.312. The molecule has 0 saturated heterocycles. The fraction of sp³-hybridized carbons (Fsp3) is 0.667. The first-order chi connectivity index (χ1) is 4.83. The maximum absolute atomic E-state index is 10.3. The molecule has 0 aliphatic heterocycles. The molecule has 0 aromatic carbocycles. The van der Waals surface area contributed by atoms with Crippen LogP contribution in [0.5, 0.6) is 0 Å². The smallest absolute Gasteiger partial charge is 0.370 e. The van der Waals surface area contributed by atoms with Crippen LogP contribution in [0.2, 0.25) is 0 Å². The predicted octanol–water partition coefficient (Wildman–Crippen LogP) is -0.221. The number of ether oxygens (including phenoxy) is 2. The predicted molar refractivity (Wildman–Crippen MR) is 34.2 cm³/mol. The van der Waals surface area contributed by atoms with Crippen LogP contribution >= 0.6 is 0 Å². The molecule has 0 radical (unpaired) electrons. The van der Waals surface area contributed by atoms with Crippen LogP contribution in [-0.4, -0.2) is 23.0 Å². The molecule has 0 heterocycles. The third-order valence-electron chi connectivity index (χ3n) is 0.666. The third-order valence-corrected chi connectivity index (χ3v) is 0.666. The van der Waals surface area contributed by atoms with Gasteiger partial charge in [0.25, 0.3) is 0 Å². The van der Waals surface area contributed by atoms with Gasteiger partial charge in [0.05, 0.1) is 0 Å². The molecule has 0 amide bonds. The monoisotopic (exact) mass is 162 g/mol. The van der Waals surface area contributed by atoms with Crippen LogP contribution in [-0.2, 0) is 19.1 Å². The number of carbonyl (C=O) groups is 2. The molecule has 0 unspecified atom stereocenters. The summed E-state index contributed by atoms with van der Waals surface area (Å²) in [6.45, 7) is 3.24. The number of hydrogen-bond acceptors (Lipinski definition) is 5. The Hall–Kier alpha value is -1.10. The SMILES string of the molecule is CC(=O)OC(C)(O)OC(C)=O. The zero-order chi connectivity index (χ0) is 9.07. The van der Waals surface area contributed by atoms with Gasteiger partial charge in [0.15, 0.2) is 0 Å². The summed E-state index contributed by atoms with van der Waals surface area (Å²) in [5.74, 6) is -3.61. The lowest BCUT2D eigenvalue weighted by Crippen LogP contribution is -2.35. The van der Waals surface area contributed by atoms with E-state index in [0.29, 0.717) is 0 Å². The van der Waals surface area contributed by atoms with Gasteiger partial charge in [0.2, 0.25) is 0 Å². The highest BCUT2D eigenvalue weighted by atomic mass is 16.8. The molecule has 1 N–H and O–H groups in total. The number of rotatable bonds is 2. The average Bonchev–Trinajstić information content (AvgIpc) is 1.53. The van der Waals surface area contributed by atoms with E-state index in [4.69, 9.17) is 5.11 Å². The second kappa shape index (κ2) is 3.34. The fourth-order valence-electron chi connectivity index (χ4n) is 0.554. The Morgan fingerprint density at radius 2 is 1.45 bits per heavy atom. The van der Waals surface area contributed by atoms with Crippen molar-refractivity contribution in [3.8, 4) is 0 Å².